The maximum Gasteiger partial charge on any atom is 0.191 e. The SMILES string of the molecule is CCOC(COc1ccc([C@@H]2c3ccc(O)cc3CC[C@@H]2C2C=CC=CC2)cc1)OCC. The number of allylic oxidation sites excluding steroid dienone is 4. The van der Waals surface area contributed by atoms with Crippen LogP contribution in [0, 0.1) is 11.8 Å². The molecule has 4 rings (SSSR count). The van der Waals surface area contributed by atoms with Crippen LogP contribution in [0.15, 0.2) is 66.8 Å². The van der Waals surface area contributed by atoms with Crippen molar-refractivity contribution < 1.29 is 19.3 Å². The summed E-state index contributed by atoms with van der Waals surface area (Å²) in [7, 11) is 0. The molecule has 0 aliphatic heterocycles. The normalized spacial score (nSPS) is 22.2. The van der Waals surface area contributed by atoms with Crippen LogP contribution in [-0.4, -0.2) is 31.2 Å². The molecule has 2 aromatic rings. The molecule has 0 saturated heterocycles. The van der Waals surface area contributed by atoms with E-state index in [1.807, 2.05) is 38.1 Å². The van der Waals surface area contributed by atoms with Crippen molar-refractivity contribution >= 4 is 0 Å². The van der Waals surface area contributed by atoms with Gasteiger partial charge in [0.25, 0.3) is 0 Å². The van der Waals surface area contributed by atoms with E-state index in [9.17, 15) is 5.11 Å². The van der Waals surface area contributed by atoms with E-state index >= 15 is 0 Å². The van der Waals surface area contributed by atoms with Crippen LogP contribution in [0.1, 0.15) is 49.3 Å². The van der Waals surface area contributed by atoms with Gasteiger partial charge in [0.2, 0.25) is 0 Å². The molecule has 1 unspecified atom stereocenters. The molecular weight excluding hydrogens is 400 g/mol. The number of hydrogen-bond acceptors (Lipinski definition) is 4. The van der Waals surface area contributed by atoms with Crippen molar-refractivity contribution in [3.05, 3.63) is 83.5 Å². The Kier molecular flexibility index (Phi) is 7.67. The van der Waals surface area contributed by atoms with Gasteiger partial charge in [0.05, 0.1) is 0 Å². The van der Waals surface area contributed by atoms with Crippen molar-refractivity contribution in [2.45, 2.75) is 45.3 Å². The summed E-state index contributed by atoms with van der Waals surface area (Å²) in [5, 5.41) is 10.0. The molecule has 0 amide bonds. The monoisotopic (exact) mass is 434 g/mol. The molecule has 32 heavy (non-hydrogen) atoms. The number of aryl methyl sites for hydroxylation is 1. The van der Waals surface area contributed by atoms with Gasteiger partial charge in [-0.15, -0.1) is 0 Å². The van der Waals surface area contributed by atoms with Crippen LogP contribution >= 0.6 is 0 Å². The van der Waals surface area contributed by atoms with Crippen molar-refractivity contribution in [2.75, 3.05) is 19.8 Å². The number of fused-ring (bicyclic) bond motifs is 1. The first-order chi connectivity index (χ1) is 15.7. The Morgan fingerprint density at radius 2 is 1.78 bits per heavy atom. The van der Waals surface area contributed by atoms with Crippen LogP contribution < -0.4 is 4.74 Å². The third-order valence-corrected chi connectivity index (χ3v) is 6.53. The van der Waals surface area contributed by atoms with Crippen LogP contribution in [-0.2, 0) is 15.9 Å². The highest BCUT2D eigenvalue weighted by Gasteiger charge is 2.35. The van der Waals surface area contributed by atoms with Gasteiger partial charge in [-0.1, -0.05) is 42.5 Å². The number of phenols is 1. The number of phenolic OH excluding ortho intramolecular Hbond substituents is 1. The summed E-state index contributed by atoms with van der Waals surface area (Å²) in [6, 6.07) is 14.3. The van der Waals surface area contributed by atoms with Gasteiger partial charge >= 0.3 is 0 Å². The van der Waals surface area contributed by atoms with Crippen LogP contribution in [0.25, 0.3) is 0 Å². The van der Waals surface area contributed by atoms with E-state index < -0.39 is 0 Å². The number of hydrogen-bond donors (Lipinski definition) is 1. The van der Waals surface area contributed by atoms with Crippen LogP contribution in [0.2, 0.25) is 0 Å². The predicted octanol–water partition coefficient (Wildman–Crippen LogP) is 6.00. The van der Waals surface area contributed by atoms with E-state index in [0.29, 0.717) is 43.3 Å². The molecule has 0 spiro atoms. The Morgan fingerprint density at radius 1 is 1.00 bits per heavy atom. The van der Waals surface area contributed by atoms with Gasteiger partial charge in [-0.05, 0) is 85.9 Å². The van der Waals surface area contributed by atoms with Gasteiger partial charge < -0.3 is 19.3 Å². The minimum absolute atomic E-state index is 0.300. The predicted molar refractivity (Wildman–Crippen MR) is 127 cm³/mol. The highest BCUT2D eigenvalue weighted by Crippen LogP contribution is 2.47. The van der Waals surface area contributed by atoms with E-state index in [1.54, 1.807) is 0 Å². The van der Waals surface area contributed by atoms with Gasteiger partial charge in [-0.2, -0.15) is 0 Å². The van der Waals surface area contributed by atoms with Crippen LogP contribution in [0.4, 0.5) is 0 Å². The highest BCUT2D eigenvalue weighted by molar-refractivity contribution is 5.45. The van der Waals surface area contributed by atoms with Gasteiger partial charge in [0.1, 0.15) is 18.1 Å². The van der Waals surface area contributed by atoms with E-state index in [0.717, 1.165) is 25.0 Å². The molecule has 0 radical (unpaired) electrons. The zero-order chi connectivity index (χ0) is 22.3. The average molecular weight is 435 g/mol. The average Bonchev–Trinajstić information content (AvgIpc) is 2.83. The van der Waals surface area contributed by atoms with Gasteiger partial charge in [-0.3, -0.25) is 0 Å². The first-order valence-electron chi connectivity index (χ1n) is 11.8. The molecule has 0 bridgehead atoms. The van der Waals surface area contributed by atoms with E-state index in [4.69, 9.17) is 14.2 Å². The fourth-order valence-corrected chi connectivity index (χ4v) is 5.09. The molecule has 4 nitrogen and oxygen atoms in total. The van der Waals surface area contributed by atoms with E-state index in [1.165, 1.54) is 16.7 Å². The molecule has 0 heterocycles. The molecule has 3 atom stereocenters. The Bertz CT molecular complexity index is 925. The lowest BCUT2D eigenvalue weighted by Crippen LogP contribution is -2.28. The first kappa shape index (κ1) is 22.6. The molecule has 2 aromatic carbocycles. The van der Waals surface area contributed by atoms with Gasteiger partial charge in [0, 0.05) is 19.1 Å². The second kappa shape index (κ2) is 10.8. The lowest BCUT2D eigenvalue weighted by Gasteiger charge is -2.38. The fraction of sp³-hybridized carbons (Fsp3) is 0.429. The summed E-state index contributed by atoms with van der Waals surface area (Å²) in [4.78, 5) is 0. The molecule has 0 fully saturated rings. The standard InChI is InChI=1S/C28H34O4/c1-3-30-27(31-4-2)19-32-24-14-10-21(11-15-24)28-25(20-8-6-5-7-9-20)16-12-22-18-23(29)13-17-26(22)28/h5-8,10-11,13-15,17-18,20,25,27-29H,3-4,9,12,16,19H2,1-2H3/t20?,25-,28+/m1/s1. The molecule has 2 aliphatic rings. The summed E-state index contributed by atoms with van der Waals surface area (Å²) in [5.41, 5.74) is 3.89. The summed E-state index contributed by atoms with van der Waals surface area (Å²) in [6.07, 6.45) is 11.8. The summed E-state index contributed by atoms with van der Waals surface area (Å²) >= 11 is 0. The maximum absolute atomic E-state index is 10.0. The van der Waals surface area contributed by atoms with Crippen LogP contribution in [0.5, 0.6) is 11.5 Å². The lowest BCUT2D eigenvalue weighted by atomic mass is 9.66. The summed E-state index contributed by atoms with van der Waals surface area (Å²) < 4.78 is 17.1. The number of benzene rings is 2. The first-order valence-corrected chi connectivity index (χ1v) is 11.8. The van der Waals surface area contributed by atoms with Gasteiger partial charge in [-0.25, -0.2) is 0 Å². The Balaban J connectivity index is 1.56. The smallest absolute Gasteiger partial charge is 0.191 e. The zero-order valence-electron chi connectivity index (χ0n) is 19.1. The molecule has 2 aliphatic carbocycles. The van der Waals surface area contributed by atoms with Crippen molar-refractivity contribution in [2.24, 2.45) is 11.8 Å². The quantitative estimate of drug-likeness (QED) is 0.492. The van der Waals surface area contributed by atoms with Gasteiger partial charge in [0.15, 0.2) is 6.29 Å². The topological polar surface area (TPSA) is 47.9 Å². The van der Waals surface area contributed by atoms with E-state index in [-0.39, 0.29) is 6.29 Å². The Morgan fingerprint density at radius 3 is 2.47 bits per heavy atom. The number of ether oxygens (including phenoxy) is 3. The van der Waals surface area contributed by atoms with Crippen molar-refractivity contribution in [3.63, 3.8) is 0 Å². The maximum atomic E-state index is 10.0. The number of aromatic hydroxyl groups is 1. The minimum atomic E-state index is -0.349. The summed E-state index contributed by atoms with van der Waals surface area (Å²) in [6.45, 7) is 5.46. The second-order valence-electron chi connectivity index (χ2n) is 8.50. The molecule has 1 N–H and O–H groups in total. The Labute approximate surface area is 191 Å². The largest absolute Gasteiger partial charge is 0.508 e. The zero-order valence-corrected chi connectivity index (χ0v) is 19.1. The third kappa shape index (κ3) is 5.25. The lowest BCUT2D eigenvalue weighted by molar-refractivity contribution is -0.152. The summed E-state index contributed by atoms with van der Waals surface area (Å²) in [5.74, 6) is 2.52. The second-order valence-corrected chi connectivity index (χ2v) is 8.50. The third-order valence-electron chi connectivity index (χ3n) is 6.53. The molecule has 4 heteroatoms. The van der Waals surface area contributed by atoms with Crippen LogP contribution in [0.3, 0.4) is 0 Å². The number of rotatable bonds is 9. The fourth-order valence-electron chi connectivity index (χ4n) is 5.09. The molecule has 170 valence electrons. The molecular formula is C28H34O4. The Hall–Kier alpha value is -2.56. The molecule has 0 aromatic heterocycles. The van der Waals surface area contributed by atoms with Crippen molar-refractivity contribution in [1.29, 1.82) is 0 Å². The molecule has 0 saturated carbocycles. The highest BCUT2D eigenvalue weighted by atomic mass is 16.7. The van der Waals surface area contributed by atoms with E-state index in [2.05, 4.69) is 42.5 Å². The van der Waals surface area contributed by atoms with Crippen molar-refractivity contribution in [3.8, 4) is 11.5 Å². The van der Waals surface area contributed by atoms with Crippen molar-refractivity contribution in [1.82, 2.24) is 0 Å². The minimum Gasteiger partial charge on any atom is -0.508 e.